The maximum atomic E-state index is 12.4. The highest BCUT2D eigenvalue weighted by molar-refractivity contribution is 5.76. The maximum Gasteiger partial charge on any atom is 0.227 e. The largest absolute Gasteiger partial charge is 0.350 e. The van der Waals surface area contributed by atoms with Crippen LogP contribution in [0.15, 0.2) is 89.5 Å². The molecule has 5 heteroatoms. The minimum atomic E-state index is -0.0788. The van der Waals surface area contributed by atoms with Crippen LogP contribution < -0.4 is 5.32 Å². The Bertz CT molecular complexity index is 1090. The van der Waals surface area contributed by atoms with E-state index in [1.165, 1.54) is 5.56 Å². The van der Waals surface area contributed by atoms with Gasteiger partial charge in [0.15, 0.2) is 0 Å². The number of aryl methyl sites for hydroxylation is 1. The fourth-order valence-corrected chi connectivity index (χ4v) is 3.27. The van der Waals surface area contributed by atoms with Gasteiger partial charge in [-0.25, -0.2) is 0 Å². The molecule has 5 nitrogen and oxygen atoms in total. The van der Waals surface area contributed by atoms with Crippen molar-refractivity contribution >= 4 is 5.91 Å². The lowest BCUT2D eigenvalue weighted by atomic mass is 10.0. The van der Waals surface area contributed by atoms with Crippen molar-refractivity contribution in [1.82, 2.24) is 15.5 Å². The molecule has 0 unspecified atom stereocenters. The van der Waals surface area contributed by atoms with Crippen LogP contribution in [-0.2, 0) is 11.2 Å². The van der Waals surface area contributed by atoms with Gasteiger partial charge in [-0.1, -0.05) is 90.1 Å². The summed E-state index contributed by atoms with van der Waals surface area (Å²) in [4.78, 5) is 16.7. The van der Waals surface area contributed by atoms with E-state index < -0.39 is 0 Å². The number of benzene rings is 3. The third-order valence-corrected chi connectivity index (χ3v) is 4.96. The van der Waals surface area contributed by atoms with Crippen molar-refractivity contribution in [2.75, 3.05) is 0 Å². The number of nitrogens with one attached hydrogen (secondary N) is 1. The van der Waals surface area contributed by atoms with Gasteiger partial charge < -0.3 is 9.84 Å². The van der Waals surface area contributed by atoms with Crippen LogP contribution in [0.4, 0.5) is 0 Å². The second-order valence-corrected chi connectivity index (χ2v) is 7.15. The molecule has 1 heterocycles. The van der Waals surface area contributed by atoms with Crippen molar-refractivity contribution in [1.29, 1.82) is 0 Å². The minimum absolute atomic E-state index is 0.0471. The molecule has 30 heavy (non-hydrogen) atoms. The summed E-state index contributed by atoms with van der Waals surface area (Å²) in [7, 11) is 0. The lowest BCUT2D eigenvalue weighted by Gasteiger charge is -2.14. The highest BCUT2D eigenvalue weighted by Gasteiger charge is 2.13. The maximum absolute atomic E-state index is 12.4. The molecule has 0 saturated carbocycles. The predicted octanol–water partition coefficient (Wildman–Crippen LogP) is 5.21. The Labute approximate surface area is 175 Å². The number of rotatable bonds is 7. The molecule has 0 saturated heterocycles. The van der Waals surface area contributed by atoms with Crippen molar-refractivity contribution in [3.05, 3.63) is 96.4 Å². The molecule has 3 aromatic carbocycles. The number of aromatic nitrogens is 2. The second-order valence-electron chi connectivity index (χ2n) is 7.15. The Hall–Kier alpha value is -3.73. The van der Waals surface area contributed by atoms with Gasteiger partial charge in [-0.05, 0) is 23.6 Å². The zero-order valence-corrected chi connectivity index (χ0v) is 16.8. The number of hydrogen-bond acceptors (Lipinski definition) is 4. The first-order valence-corrected chi connectivity index (χ1v) is 10.0. The number of hydrogen-bond donors (Lipinski definition) is 1. The Balaban J connectivity index is 1.30. The topological polar surface area (TPSA) is 68.0 Å². The summed E-state index contributed by atoms with van der Waals surface area (Å²) < 4.78 is 5.27. The zero-order valence-electron chi connectivity index (χ0n) is 16.8. The van der Waals surface area contributed by atoms with Crippen LogP contribution in [0.25, 0.3) is 22.5 Å². The molecule has 1 amide bonds. The summed E-state index contributed by atoms with van der Waals surface area (Å²) in [6, 6.07) is 28.0. The molecule has 0 bridgehead atoms. The molecule has 1 N–H and O–H groups in total. The summed E-state index contributed by atoms with van der Waals surface area (Å²) in [6.45, 7) is 1.98. The molecule has 150 valence electrons. The Morgan fingerprint density at radius 1 is 0.867 bits per heavy atom. The van der Waals surface area contributed by atoms with E-state index in [1.807, 2.05) is 55.5 Å². The Morgan fingerprint density at radius 3 is 2.13 bits per heavy atom. The van der Waals surface area contributed by atoms with E-state index in [2.05, 4.69) is 51.9 Å². The number of nitrogens with zero attached hydrogens (tertiary/aromatic N) is 2. The molecule has 1 atom stereocenters. The van der Waals surface area contributed by atoms with Crippen molar-refractivity contribution in [3.8, 4) is 22.5 Å². The van der Waals surface area contributed by atoms with Crippen LogP contribution in [0.5, 0.6) is 0 Å². The third-order valence-electron chi connectivity index (χ3n) is 4.96. The molecular formula is C25H23N3O2. The van der Waals surface area contributed by atoms with Gasteiger partial charge in [0, 0.05) is 18.4 Å². The quantitative estimate of drug-likeness (QED) is 0.465. The minimum Gasteiger partial charge on any atom is -0.350 e. The average molecular weight is 397 g/mol. The molecule has 0 spiro atoms. The number of carbonyl (C=O) groups excluding carboxylic acids is 1. The normalized spacial score (nSPS) is 11.8. The molecule has 4 aromatic rings. The van der Waals surface area contributed by atoms with Crippen LogP contribution in [-0.4, -0.2) is 16.0 Å². The van der Waals surface area contributed by atoms with Gasteiger partial charge in [-0.2, -0.15) is 4.98 Å². The molecule has 0 aliphatic heterocycles. The molecule has 0 fully saturated rings. The number of amides is 1. The van der Waals surface area contributed by atoms with Gasteiger partial charge in [-0.15, -0.1) is 0 Å². The van der Waals surface area contributed by atoms with Crippen molar-refractivity contribution in [3.63, 3.8) is 0 Å². The van der Waals surface area contributed by atoms with Gasteiger partial charge in [0.2, 0.25) is 17.6 Å². The average Bonchev–Trinajstić information content (AvgIpc) is 3.28. The van der Waals surface area contributed by atoms with Crippen LogP contribution in [0.1, 0.15) is 30.8 Å². The van der Waals surface area contributed by atoms with Crippen LogP contribution in [0, 0.1) is 0 Å². The summed E-state index contributed by atoms with van der Waals surface area (Å²) in [5.74, 6) is 0.954. The smallest absolute Gasteiger partial charge is 0.227 e. The fraction of sp³-hybridized carbons (Fsp3) is 0.160. The van der Waals surface area contributed by atoms with Gasteiger partial charge in [0.1, 0.15) is 0 Å². The predicted molar refractivity (Wildman–Crippen MR) is 116 cm³/mol. The summed E-state index contributed by atoms with van der Waals surface area (Å²) in [5, 5.41) is 7.02. The van der Waals surface area contributed by atoms with Crippen LogP contribution in [0.2, 0.25) is 0 Å². The molecule has 0 aliphatic rings. The molecule has 0 aliphatic carbocycles. The monoisotopic (exact) mass is 397 g/mol. The fourth-order valence-electron chi connectivity index (χ4n) is 3.27. The lowest BCUT2D eigenvalue weighted by molar-refractivity contribution is -0.121. The zero-order chi connectivity index (χ0) is 20.8. The van der Waals surface area contributed by atoms with E-state index in [4.69, 9.17) is 4.52 Å². The SMILES string of the molecule is C[C@@H](NC(=O)CCc1nc(-c2ccccc2)no1)c1ccc(-c2ccccc2)cc1. The van der Waals surface area contributed by atoms with Gasteiger partial charge >= 0.3 is 0 Å². The van der Waals surface area contributed by atoms with E-state index in [0.717, 1.165) is 16.7 Å². The molecular weight excluding hydrogens is 374 g/mol. The van der Waals surface area contributed by atoms with Crippen molar-refractivity contribution in [2.24, 2.45) is 0 Å². The summed E-state index contributed by atoms with van der Waals surface area (Å²) in [5.41, 5.74) is 4.29. The van der Waals surface area contributed by atoms with Crippen LogP contribution in [0.3, 0.4) is 0 Å². The van der Waals surface area contributed by atoms with E-state index in [9.17, 15) is 4.79 Å². The third kappa shape index (κ3) is 4.81. The molecule has 0 radical (unpaired) electrons. The molecule has 4 rings (SSSR count). The second kappa shape index (κ2) is 9.18. The van der Waals surface area contributed by atoms with Gasteiger partial charge in [0.25, 0.3) is 0 Å². The highest BCUT2D eigenvalue weighted by atomic mass is 16.5. The van der Waals surface area contributed by atoms with E-state index in [-0.39, 0.29) is 11.9 Å². The van der Waals surface area contributed by atoms with Gasteiger partial charge in [-0.3, -0.25) is 4.79 Å². The molecule has 1 aromatic heterocycles. The van der Waals surface area contributed by atoms with E-state index in [0.29, 0.717) is 24.6 Å². The number of carbonyl (C=O) groups is 1. The first-order valence-electron chi connectivity index (χ1n) is 10.0. The van der Waals surface area contributed by atoms with Crippen molar-refractivity contribution < 1.29 is 9.32 Å². The van der Waals surface area contributed by atoms with E-state index in [1.54, 1.807) is 0 Å². The van der Waals surface area contributed by atoms with Crippen molar-refractivity contribution in [2.45, 2.75) is 25.8 Å². The summed E-state index contributed by atoms with van der Waals surface area (Å²) in [6.07, 6.45) is 0.703. The first-order chi connectivity index (χ1) is 14.7. The lowest BCUT2D eigenvalue weighted by Crippen LogP contribution is -2.26. The van der Waals surface area contributed by atoms with Gasteiger partial charge in [0.05, 0.1) is 6.04 Å². The Morgan fingerprint density at radius 2 is 1.47 bits per heavy atom. The van der Waals surface area contributed by atoms with Crippen LogP contribution >= 0.6 is 0 Å². The summed E-state index contributed by atoms with van der Waals surface area (Å²) >= 11 is 0. The first kappa shape index (κ1) is 19.6. The highest BCUT2D eigenvalue weighted by Crippen LogP contribution is 2.22. The Kier molecular flexibility index (Phi) is 5.99. The van der Waals surface area contributed by atoms with E-state index >= 15 is 0 Å². The standard InChI is InChI=1S/C25H23N3O2/c1-18(19-12-14-21(15-13-19)20-8-4-2-5-9-20)26-23(29)16-17-24-27-25(28-30-24)22-10-6-3-7-11-22/h2-15,18H,16-17H2,1H3,(H,26,29)/t18-/m1/s1.